The Morgan fingerprint density at radius 3 is 2.62 bits per heavy atom. The average molecular weight is 385 g/mol. The summed E-state index contributed by atoms with van der Waals surface area (Å²) in [6, 6.07) is 9.76. The number of morpholine rings is 1. The van der Waals surface area contributed by atoms with Crippen LogP contribution in [0.15, 0.2) is 61.3 Å². The van der Waals surface area contributed by atoms with Crippen LogP contribution in [-0.4, -0.2) is 51.2 Å². The SMILES string of the molecule is c1ccc(-c2cncc3cnc(Nc4ccc(N5CCOCC5)nc4)nc23)nc1. The first-order valence-corrected chi connectivity index (χ1v) is 9.45. The van der Waals surface area contributed by atoms with Gasteiger partial charge in [0.05, 0.1) is 36.3 Å². The number of aromatic nitrogens is 5. The van der Waals surface area contributed by atoms with Crippen LogP contribution in [0.25, 0.3) is 22.2 Å². The largest absolute Gasteiger partial charge is 0.378 e. The van der Waals surface area contributed by atoms with Crippen molar-refractivity contribution in [1.29, 1.82) is 0 Å². The number of hydrogen-bond acceptors (Lipinski definition) is 8. The number of ether oxygens (including phenoxy) is 1. The molecule has 0 radical (unpaired) electrons. The lowest BCUT2D eigenvalue weighted by molar-refractivity contribution is 0.122. The van der Waals surface area contributed by atoms with Crippen molar-refractivity contribution in [3.8, 4) is 11.3 Å². The minimum Gasteiger partial charge on any atom is -0.378 e. The minimum absolute atomic E-state index is 0.502. The predicted octanol–water partition coefficient (Wildman–Crippen LogP) is 3.06. The second-order valence-electron chi connectivity index (χ2n) is 6.66. The zero-order valence-corrected chi connectivity index (χ0v) is 15.7. The fraction of sp³-hybridized carbons (Fsp3) is 0.190. The number of pyridine rings is 3. The van der Waals surface area contributed by atoms with E-state index in [4.69, 9.17) is 9.72 Å². The van der Waals surface area contributed by atoms with Gasteiger partial charge in [-0.2, -0.15) is 0 Å². The Hall–Kier alpha value is -3.65. The van der Waals surface area contributed by atoms with Gasteiger partial charge < -0.3 is 15.0 Å². The van der Waals surface area contributed by atoms with Crippen LogP contribution in [0.1, 0.15) is 0 Å². The molecule has 144 valence electrons. The fourth-order valence-corrected chi connectivity index (χ4v) is 3.29. The van der Waals surface area contributed by atoms with E-state index in [-0.39, 0.29) is 0 Å². The third kappa shape index (κ3) is 3.70. The molecule has 1 aliphatic heterocycles. The highest BCUT2D eigenvalue weighted by molar-refractivity contribution is 5.91. The van der Waals surface area contributed by atoms with E-state index in [0.717, 1.165) is 60.0 Å². The van der Waals surface area contributed by atoms with Crippen molar-refractivity contribution in [3.05, 3.63) is 61.3 Å². The van der Waals surface area contributed by atoms with Crippen LogP contribution in [0.3, 0.4) is 0 Å². The molecule has 5 heterocycles. The third-order valence-corrected chi connectivity index (χ3v) is 4.77. The fourth-order valence-electron chi connectivity index (χ4n) is 3.29. The van der Waals surface area contributed by atoms with Gasteiger partial charge in [-0.25, -0.2) is 15.0 Å². The van der Waals surface area contributed by atoms with Crippen LogP contribution in [-0.2, 0) is 4.74 Å². The smallest absolute Gasteiger partial charge is 0.227 e. The summed E-state index contributed by atoms with van der Waals surface area (Å²) in [5, 5.41) is 4.10. The molecule has 0 amide bonds. The molecule has 8 heteroatoms. The maximum Gasteiger partial charge on any atom is 0.227 e. The second kappa shape index (κ2) is 7.76. The van der Waals surface area contributed by atoms with Crippen molar-refractivity contribution < 1.29 is 4.74 Å². The Balaban J connectivity index is 1.42. The molecular formula is C21H19N7O. The molecule has 4 aromatic rings. The molecule has 0 atom stereocenters. The summed E-state index contributed by atoms with van der Waals surface area (Å²) in [6.45, 7) is 3.19. The highest BCUT2D eigenvalue weighted by atomic mass is 16.5. The highest BCUT2D eigenvalue weighted by Crippen LogP contribution is 2.25. The minimum atomic E-state index is 0.502. The van der Waals surface area contributed by atoms with Crippen LogP contribution in [0.5, 0.6) is 0 Å². The van der Waals surface area contributed by atoms with E-state index in [1.165, 1.54) is 0 Å². The first kappa shape index (κ1) is 17.4. The van der Waals surface area contributed by atoms with Crippen LogP contribution in [0.2, 0.25) is 0 Å². The van der Waals surface area contributed by atoms with E-state index in [1.807, 2.05) is 30.3 Å². The first-order chi connectivity index (χ1) is 14.4. The van der Waals surface area contributed by atoms with E-state index in [0.29, 0.717) is 5.95 Å². The van der Waals surface area contributed by atoms with E-state index in [9.17, 15) is 0 Å². The summed E-state index contributed by atoms with van der Waals surface area (Å²) in [7, 11) is 0. The molecule has 1 aliphatic rings. The van der Waals surface area contributed by atoms with E-state index in [2.05, 4.69) is 30.2 Å². The van der Waals surface area contributed by atoms with Gasteiger partial charge in [0.1, 0.15) is 5.82 Å². The Bertz CT molecular complexity index is 1110. The topological polar surface area (TPSA) is 89.0 Å². The molecule has 1 saturated heterocycles. The molecule has 5 rings (SSSR count). The van der Waals surface area contributed by atoms with Gasteiger partial charge in [-0.1, -0.05) is 6.07 Å². The molecule has 29 heavy (non-hydrogen) atoms. The standard InChI is InChI=1S/C21H19N7O/c1-2-6-23-18(3-1)17-14-22-11-15-12-25-21(27-20(15)17)26-16-4-5-19(24-13-16)28-7-9-29-10-8-28/h1-6,11-14H,7-10H2,(H,25,26,27). The molecule has 0 unspecified atom stereocenters. The molecule has 0 saturated carbocycles. The maximum absolute atomic E-state index is 5.39. The number of nitrogens with one attached hydrogen (secondary N) is 1. The van der Waals surface area contributed by atoms with Gasteiger partial charge in [-0.3, -0.25) is 9.97 Å². The molecular weight excluding hydrogens is 366 g/mol. The Morgan fingerprint density at radius 1 is 0.897 bits per heavy atom. The summed E-state index contributed by atoms with van der Waals surface area (Å²) >= 11 is 0. The summed E-state index contributed by atoms with van der Waals surface area (Å²) in [4.78, 5) is 24.6. The summed E-state index contributed by atoms with van der Waals surface area (Å²) in [6.07, 6.45) is 8.85. The molecule has 0 bridgehead atoms. The number of nitrogens with zero attached hydrogens (tertiary/aromatic N) is 6. The number of fused-ring (bicyclic) bond motifs is 1. The molecule has 0 aromatic carbocycles. The molecule has 4 aromatic heterocycles. The third-order valence-electron chi connectivity index (χ3n) is 4.77. The van der Waals surface area contributed by atoms with Gasteiger partial charge in [-0.05, 0) is 24.3 Å². The normalized spacial score (nSPS) is 14.1. The van der Waals surface area contributed by atoms with Crippen molar-refractivity contribution in [2.45, 2.75) is 0 Å². The first-order valence-electron chi connectivity index (χ1n) is 9.45. The van der Waals surface area contributed by atoms with Crippen molar-refractivity contribution in [1.82, 2.24) is 24.9 Å². The Labute approximate surface area is 167 Å². The lowest BCUT2D eigenvalue weighted by atomic mass is 10.1. The van der Waals surface area contributed by atoms with Crippen LogP contribution in [0.4, 0.5) is 17.5 Å². The number of rotatable bonds is 4. The van der Waals surface area contributed by atoms with Crippen LogP contribution in [0, 0.1) is 0 Å². The van der Waals surface area contributed by atoms with Crippen LogP contribution >= 0.6 is 0 Å². The number of hydrogen-bond donors (Lipinski definition) is 1. The lowest BCUT2D eigenvalue weighted by Crippen LogP contribution is -2.36. The molecule has 0 aliphatic carbocycles. The molecule has 8 nitrogen and oxygen atoms in total. The maximum atomic E-state index is 5.39. The number of anilines is 3. The van der Waals surface area contributed by atoms with E-state index >= 15 is 0 Å². The van der Waals surface area contributed by atoms with Crippen molar-refractivity contribution in [3.63, 3.8) is 0 Å². The second-order valence-corrected chi connectivity index (χ2v) is 6.66. The van der Waals surface area contributed by atoms with Crippen LogP contribution < -0.4 is 10.2 Å². The predicted molar refractivity (Wildman–Crippen MR) is 111 cm³/mol. The van der Waals surface area contributed by atoms with Crippen molar-refractivity contribution in [2.24, 2.45) is 0 Å². The molecule has 0 spiro atoms. The Kier molecular flexibility index (Phi) is 4.67. The summed E-state index contributed by atoms with van der Waals surface area (Å²) in [5.74, 6) is 1.45. The van der Waals surface area contributed by atoms with Gasteiger partial charge >= 0.3 is 0 Å². The summed E-state index contributed by atoms with van der Waals surface area (Å²) < 4.78 is 5.39. The van der Waals surface area contributed by atoms with E-state index < -0.39 is 0 Å². The van der Waals surface area contributed by atoms with Gasteiger partial charge in [0.25, 0.3) is 0 Å². The molecule has 1 fully saturated rings. The quantitative estimate of drug-likeness (QED) is 0.573. The Morgan fingerprint density at radius 2 is 1.83 bits per heavy atom. The van der Waals surface area contributed by atoms with Gasteiger partial charge in [0.2, 0.25) is 5.95 Å². The summed E-state index contributed by atoms with van der Waals surface area (Å²) in [5.41, 5.74) is 3.32. The van der Waals surface area contributed by atoms with E-state index in [1.54, 1.807) is 31.0 Å². The van der Waals surface area contributed by atoms with Gasteiger partial charge in [0, 0.05) is 48.8 Å². The monoisotopic (exact) mass is 385 g/mol. The van der Waals surface area contributed by atoms with Gasteiger partial charge in [0.15, 0.2) is 0 Å². The van der Waals surface area contributed by atoms with Gasteiger partial charge in [-0.15, -0.1) is 0 Å². The van der Waals surface area contributed by atoms with Crippen molar-refractivity contribution >= 4 is 28.4 Å². The van der Waals surface area contributed by atoms with Crippen molar-refractivity contribution in [2.75, 3.05) is 36.5 Å². The molecule has 1 N–H and O–H groups in total. The lowest BCUT2D eigenvalue weighted by Gasteiger charge is -2.27. The average Bonchev–Trinajstić information content (AvgIpc) is 2.80. The highest BCUT2D eigenvalue weighted by Gasteiger charge is 2.13. The zero-order chi connectivity index (χ0) is 19.5. The zero-order valence-electron chi connectivity index (χ0n) is 15.7.